The molecule has 1 aliphatic heterocycles. The Balaban J connectivity index is 1.88. The Morgan fingerprint density at radius 3 is 2.37 bits per heavy atom. The second-order valence-corrected chi connectivity index (χ2v) is 6.29. The van der Waals surface area contributed by atoms with E-state index in [1.165, 1.54) is 0 Å². The van der Waals surface area contributed by atoms with Gasteiger partial charge in [0.15, 0.2) is 0 Å². The highest BCUT2D eigenvalue weighted by Gasteiger charge is 2.35. The lowest BCUT2D eigenvalue weighted by molar-refractivity contribution is -0.115. The van der Waals surface area contributed by atoms with Crippen LogP contribution in [0.5, 0.6) is 0 Å². The van der Waals surface area contributed by atoms with Gasteiger partial charge in [-0.2, -0.15) is 0 Å². The number of para-hydroxylation sites is 1. The number of hydrogen-bond donors (Lipinski definition) is 2. The number of aliphatic imine (C=N–C) groups is 1. The Morgan fingerprint density at radius 1 is 0.889 bits per heavy atom. The number of nitrogens with one attached hydrogen (secondary N) is 1. The summed E-state index contributed by atoms with van der Waals surface area (Å²) in [6.07, 6.45) is 0. The van der Waals surface area contributed by atoms with Crippen molar-refractivity contribution in [3.8, 4) is 0 Å². The number of anilines is 1. The zero-order valence-electron chi connectivity index (χ0n) is 14.4. The molecule has 0 saturated heterocycles. The van der Waals surface area contributed by atoms with Crippen LogP contribution in [0.25, 0.3) is 0 Å². The summed E-state index contributed by atoms with van der Waals surface area (Å²) in [5.41, 5.74) is 9.48. The van der Waals surface area contributed by atoms with Gasteiger partial charge in [-0.1, -0.05) is 54.6 Å². The highest BCUT2D eigenvalue weighted by molar-refractivity contribution is 6.24. The standard InChI is InChI=1S/C22H17N3O2/c23-21(26)15-9-6-10-16(13-15)24-20(14-7-2-1-3-8-14)19-17-11-4-5-12-18(17)25-22(19)27/h1-13,19H,(H2,23,26)(H,25,27). The number of carbonyl (C=O) groups excluding carboxylic acids is 2. The predicted octanol–water partition coefficient (Wildman–Crippen LogP) is 3.64. The zero-order chi connectivity index (χ0) is 18.8. The van der Waals surface area contributed by atoms with Gasteiger partial charge in [0.1, 0.15) is 5.92 Å². The SMILES string of the molecule is NC(=O)c1cccc(N=C(c2ccccc2)C2C(=O)Nc3ccccc32)c1. The van der Waals surface area contributed by atoms with E-state index in [-0.39, 0.29) is 5.91 Å². The van der Waals surface area contributed by atoms with E-state index in [1.807, 2.05) is 54.6 Å². The first-order valence-electron chi connectivity index (χ1n) is 8.57. The molecule has 0 saturated carbocycles. The third-order valence-corrected chi connectivity index (χ3v) is 4.52. The molecule has 1 atom stereocenters. The second-order valence-electron chi connectivity index (χ2n) is 6.29. The largest absolute Gasteiger partial charge is 0.366 e. The number of primary amides is 1. The number of nitrogens with zero attached hydrogens (tertiary/aromatic N) is 1. The van der Waals surface area contributed by atoms with Gasteiger partial charge in [0.2, 0.25) is 11.8 Å². The molecule has 1 heterocycles. The van der Waals surface area contributed by atoms with Gasteiger partial charge in [-0.3, -0.25) is 14.6 Å². The van der Waals surface area contributed by atoms with Crippen LogP contribution in [0.2, 0.25) is 0 Å². The molecule has 1 unspecified atom stereocenters. The number of hydrogen-bond acceptors (Lipinski definition) is 3. The molecule has 0 bridgehead atoms. The van der Waals surface area contributed by atoms with Crippen molar-refractivity contribution in [2.24, 2.45) is 10.7 Å². The zero-order valence-corrected chi connectivity index (χ0v) is 14.4. The molecule has 1 aliphatic rings. The quantitative estimate of drug-likeness (QED) is 0.700. The number of fused-ring (bicyclic) bond motifs is 1. The first-order valence-corrected chi connectivity index (χ1v) is 8.57. The van der Waals surface area contributed by atoms with E-state index in [0.29, 0.717) is 17.0 Å². The molecule has 2 amide bonds. The molecule has 0 aromatic heterocycles. The molecule has 0 radical (unpaired) electrons. The van der Waals surface area contributed by atoms with Crippen LogP contribution in [0.4, 0.5) is 11.4 Å². The molecule has 132 valence electrons. The molecular formula is C22H17N3O2. The number of carbonyl (C=O) groups is 2. The summed E-state index contributed by atoms with van der Waals surface area (Å²) in [5.74, 6) is -1.16. The number of rotatable bonds is 4. The Labute approximate surface area is 156 Å². The van der Waals surface area contributed by atoms with Gasteiger partial charge >= 0.3 is 0 Å². The minimum absolute atomic E-state index is 0.121. The van der Waals surface area contributed by atoms with Crippen molar-refractivity contribution in [2.45, 2.75) is 5.92 Å². The van der Waals surface area contributed by atoms with Crippen LogP contribution in [0.3, 0.4) is 0 Å². The highest BCUT2D eigenvalue weighted by Crippen LogP contribution is 2.36. The molecule has 3 aromatic carbocycles. The molecule has 0 fully saturated rings. The number of amides is 2. The van der Waals surface area contributed by atoms with Crippen LogP contribution >= 0.6 is 0 Å². The van der Waals surface area contributed by atoms with Gasteiger partial charge in [0, 0.05) is 11.3 Å². The minimum atomic E-state index is -0.527. The molecular weight excluding hydrogens is 338 g/mol. The van der Waals surface area contributed by atoms with E-state index in [1.54, 1.807) is 24.3 Å². The summed E-state index contributed by atoms with van der Waals surface area (Å²) >= 11 is 0. The summed E-state index contributed by atoms with van der Waals surface area (Å²) in [5, 5.41) is 2.92. The smallest absolute Gasteiger partial charge is 0.248 e. The fourth-order valence-corrected chi connectivity index (χ4v) is 3.25. The van der Waals surface area contributed by atoms with Crippen molar-refractivity contribution in [3.05, 3.63) is 95.6 Å². The third kappa shape index (κ3) is 3.22. The van der Waals surface area contributed by atoms with Crippen LogP contribution in [-0.2, 0) is 4.79 Å². The Morgan fingerprint density at radius 2 is 1.59 bits per heavy atom. The third-order valence-electron chi connectivity index (χ3n) is 4.52. The summed E-state index contributed by atoms with van der Waals surface area (Å²) in [4.78, 5) is 29.0. The molecule has 27 heavy (non-hydrogen) atoms. The molecule has 3 aromatic rings. The van der Waals surface area contributed by atoms with Gasteiger partial charge in [-0.05, 0) is 35.4 Å². The summed E-state index contributed by atoms with van der Waals surface area (Å²) in [6, 6.07) is 23.9. The van der Waals surface area contributed by atoms with Gasteiger partial charge in [0.25, 0.3) is 0 Å². The Kier molecular flexibility index (Phi) is 4.26. The van der Waals surface area contributed by atoms with Crippen molar-refractivity contribution in [1.82, 2.24) is 0 Å². The van der Waals surface area contributed by atoms with Gasteiger partial charge in [0.05, 0.1) is 11.4 Å². The minimum Gasteiger partial charge on any atom is -0.366 e. The summed E-state index contributed by atoms with van der Waals surface area (Å²) < 4.78 is 0. The maximum atomic E-state index is 12.7. The molecule has 0 aliphatic carbocycles. The van der Waals surface area contributed by atoms with Crippen molar-refractivity contribution >= 4 is 28.9 Å². The maximum Gasteiger partial charge on any atom is 0.248 e. The van der Waals surface area contributed by atoms with E-state index >= 15 is 0 Å². The molecule has 0 spiro atoms. The van der Waals surface area contributed by atoms with Crippen LogP contribution < -0.4 is 11.1 Å². The van der Waals surface area contributed by atoms with Crippen molar-refractivity contribution in [1.29, 1.82) is 0 Å². The van der Waals surface area contributed by atoms with Gasteiger partial charge in [-0.25, -0.2) is 0 Å². The van der Waals surface area contributed by atoms with E-state index < -0.39 is 11.8 Å². The second kappa shape index (κ2) is 6.88. The van der Waals surface area contributed by atoms with Crippen LogP contribution in [0.15, 0.2) is 83.9 Å². The average Bonchev–Trinajstić information content (AvgIpc) is 3.02. The maximum absolute atomic E-state index is 12.7. The van der Waals surface area contributed by atoms with Gasteiger partial charge < -0.3 is 11.1 Å². The summed E-state index contributed by atoms with van der Waals surface area (Å²) in [6.45, 7) is 0. The predicted molar refractivity (Wildman–Crippen MR) is 105 cm³/mol. The Bertz CT molecular complexity index is 1060. The number of nitrogens with two attached hydrogens (primary N) is 1. The average molecular weight is 355 g/mol. The van der Waals surface area contributed by atoms with Crippen LogP contribution in [-0.4, -0.2) is 17.5 Å². The topological polar surface area (TPSA) is 84.6 Å². The van der Waals surface area contributed by atoms with E-state index in [2.05, 4.69) is 5.32 Å². The fraction of sp³-hybridized carbons (Fsp3) is 0.0455. The molecule has 5 nitrogen and oxygen atoms in total. The molecule has 3 N–H and O–H groups in total. The van der Waals surface area contributed by atoms with Crippen molar-refractivity contribution in [3.63, 3.8) is 0 Å². The van der Waals surface area contributed by atoms with E-state index in [9.17, 15) is 9.59 Å². The first-order chi connectivity index (χ1) is 13.1. The van der Waals surface area contributed by atoms with E-state index in [4.69, 9.17) is 10.7 Å². The van der Waals surface area contributed by atoms with Crippen molar-refractivity contribution in [2.75, 3.05) is 5.32 Å². The normalized spacial score (nSPS) is 15.9. The fourth-order valence-electron chi connectivity index (χ4n) is 3.25. The lowest BCUT2D eigenvalue weighted by Crippen LogP contribution is -2.22. The molecule has 5 heteroatoms. The van der Waals surface area contributed by atoms with Crippen LogP contribution in [0.1, 0.15) is 27.4 Å². The van der Waals surface area contributed by atoms with Crippen molar-refractivity contribution < 1.29 is 9.59 Å². The molecule has 4 rings (SSSR count). The first kappa shape index (κ1) is 16.7. The number of benzene rings is 3. The summed E-state index contributed by atoms with van der Waals surface area (Å²) in [7, 11) is 0. The van der Waals surface area contributed by atoms with Crippen LogP contribution in [0, 0.1) is 0 Å². The highest BCUT2D eigenvalue weighted by atomic mass is 16.2. The monoisotopic (exact) mass is 355 g/mol. The lowest BCUT2D eigenvalue weighted by Gasteiger charge is -2.14. The van der Waals surface area contributed by atoms with Gasteiger partial charge in [-0.15, -0.1) is 0 Å². The lowest BCUT2D eigenvalue weighted by atomic mass is 9.90. The van der Waals surface area contributed by atoms with E-state index in [0.717, 1.165) is 16.8 Å². The Hall–Kier alpha value is -3.73.